The number of aliphatic hydroxyl groups excluding tert-OH is 1. The maximum atomic E-state index is 12.5. The Balaban J connectivity index is 0.00000208. The number of fused-ring (bicyclic) bond motifs is 1. The van der Waals surface area contributed by atoms with Crippen LogP contribution in [0.1, 0.15) is 24.1 Å². The van der Waals surface area contributed by atoms with Crippen molar-refractivity contribution < 1.29 is 5.11 Å². The zero-order valence-corrected chi connectivity index (χ0v) is 13.3. The summed E-state index contributed by atoms with van der Waals surface area (Å²) in [6, 6.07) is 11.1. The molecule has 2 heterocycles. The van der Waals surface area contributed by atoms with Crippen LogP contribution >= 0.6 is 11.6 Å². The highest BCUT2D eigenvalue weighted by Crippen LogP contribution is 2.16. The lowest BCUT2D eigenvalue weighted by molar-refractivity contribution is 0.280. The molecule has 0 aliphatic rings. The lowest BCUT2D eigenvalue weighted by atomic mass is 10.2. The first kappa shape index (κ1) is 18.0. The van der Waals surface area contributed by atoms with E-state index in [1.807, 2.05) is 31.2 Å². The van der Waals surface area contributed by atoms with Crippen LogP contribution in [0.25, 0.3) is 5.65 Å². The van der Waals surface area contributed by atoms with Crippen molar-refractivity contribution in [3.05, 3.63) is 74.7 Å². The minimum Gasteiger partial charge on any atom is -0.391 e. The van der Waals surface area contributed by atoms with E-state index < -0.39 is 0 Å². The van der Waals surface area contributed by atoms with Gasteiger partial charge in [-0.3, -0.25) is 9.20 Å². The minimum atomic E-state index is -0.374. The summed E-state index contributed by atoms with van der Waals surface area (Å²) in [6.07, 6.45) is 1.65. The van der Waals surface area contributed by atoms with Crippen LogP contribution in [0.4, 0.5) is 5.82 Å². The van der Waals surface area contributed by atoms with Crippen LogP contribution in [0.2, 0.25) is 5.02 Å². The fraction of sp³-hybridized carbons (Fsp3) is 0.222. The zero-order valence-electron chi connectivity index (χ0n) is 12.6. The monoisotopic (exact) mass is 345 g/mol. The second kappa shape index (κ2) is 7.47. The Morgan fingerprint density at radius 1 is 1.29 bits per heavy atom. The molecule has 0 radical (unpaired) electrons. The van der Waals surface area contributed by atoms with Crippen molar-refractivity contribution in [2.75, 3.05) is 5.32 Å². The first-order valence-corrected chi connectivity index (χ1v) is 7.58. The number of pyridine rings is 1. The van der Waals surface area contributed by atoms with E-state index >= 15 is 0 Å². The summed E-state index contributed by atoms with van der Waals surface area (Å²) in [7, 11) is 0. The Morgan fingerprint density at radius 3 is 2.79 bits per heavy atom. The molecule has 0 saturated carbocycles. The van der Waals surface area contributed by atoms with E-state index in [0.717, 1.165) is 11.1 Å². The van der Waals surface area contributed by atoms with Gasteiger partial charge in [0.1, 0.15) is 11.5 Å². The van der Waals surface area contributed by atoms with E-state index in [1.165, 1.54) is 4.40 Å². The molecule has 0 fully saturated rings. The number of aryl methyl sites for hydroxylation is 1. The Labute approximate surface area is 145 Å². The summed E-state index contributed by atoms with van der Waals surface area (Å²) in [5.41, 5.74) is 2.40. The first-order chi connectivity index (χ1) is 11.1. The molecule has 0 aliphatic heterocycles. The Morgan fingerprint density at radius 2 is 2.08 bits per heavy atom. The van der Waals surface area contributed by atoms with E-state index in [0.29, 0.717) is 23.0 Å². The fourth-order valence-corrected chi connectivity index (χ4v) is 2.67. The number of anilines is 1. The second-order valence-electron chi connectivity index (χ2n) is 5.27. The van der Waals surface area contributed by atoms with Crippen LogP contribution in [-0.4, -0.2) is 14.5 Å². The van der Waals surface area contributed by atoms with E-state index in [9.17, 15) is 9.90 Å². The number of nitrogens with one attached hydrogen (secondary N) is 1. The smallest absolute Gasteiger partial charge is 0.265 e. The molecule has 24 heavy (non-hydrogen) atoms. The van der Waals surface area contributed by atoms with Gasteiger partial charge in [0.15, 0.2) is 0 Å². The number of hydrogen-bond acceptors (Lipinski definition) is 4. The number of hydrogen-bond donors (Lipinski definition) is 2. The third kappa shape index (κ3) is 3.42. The molecule has 3 rings (SSSR count). The van der Waals surface area contributed by atoms with Gasteiger partial charge >= 0.3 is 0 Å². The quantitative estimate of drug-likeness (QED) is 0.760. The van der Waals surface area contributed by atoms with E-state index in [1.54, 1.807) is 18.3 Å². The predicted molar refractivity (Wildman–Crippen MR) is 97.6 cm³/mol. The lowest BCUT2D eigenvalue weighted by Gasteiger charge is -2.12. The Kier molecular flexibility index (Phi) is 5.59. The van der Waals surface area contributed by atoms with Crippen molar-refractivity contribution in [2.24, 2.45) is 0 Å². The van der Waals surface area contributed by atoms with Gasteiger partial charge in [-0.25, -0.2) is 4.98 Å². The number of aromatic nitrogens is 2. The molecule has 0 aliphatic carbocycles. The summed E-state index contributed by atoms with van der Waals surface area (Å²) in [6.45, 7) is 1.98. The summed E-state index contributed by atoms with van der Waals surface area (Å²) >= 11 is 5.97. The maximum Gasteiger partial charge on any atom is 0.265 e. The molecule has 2 aromatic heterocycles. The number of rotatable bonds is 4. The summed E-state index contributed by atoms with van der Waals surface area (Å²) < 4.78 is 1.45. The molecule has 0 bridgehead atoms. The van der Waals surface area contributed by atoms with Gasteiger partial charge in [-0.2, -0.15) is 0 Å². The van der Waals surface area contributed by atoms with Crippen LogP contribution in [0.3, 0.4) is 0 Å². The minimum absolute atomic E-state index is 0. The third-order valence-electron chi connectivity index (χ3n) is 3.65. The zero-order chi connectivity index (χ0) is 16.4. The number of halogens is 1. The van der Waals surface area contributed by atoms with Crippen molar-refractivity contribution in [1.82, 2.24) is 9.38 Å². The summed E-state index contributed by atoms with van der Waals surface area (Å²) in [5, 5.41) is 13.3. The average molecular weight is 346 g/mol. The van der Waals surface area contributed by atoms with Crippen LogP contribution < -0.4 is 10.9 Å². The molecule has 3 aromatic rings. The molecule has 5 nitrogen and oxygen atoms in total. The highest BCUT2D eigenvalue weighted by atomic mass is 35.5. The molecule has 126 valence electrons. The number of aliphatic hydroxyl groups is 1. The SMILES string of the molecule is C.Cc1cccn2c(=O)c(CO)c(NCc3cccc(Cl)c3)nc12. The second-order valence-corrected chi connectivity index (χ2v) is 5.71. The van der Waals surface area contributed by atoms with Crippen molar-refractivity contribution >= 4 is 23.1 Å². The van der Waals surface area contributed by atoms with Crippen LogP contribution in [0.15, 0.2) is 47.4 Å². The summed E-state index contributed by atoms with van der Waals surface area (Å²) in [5.74, 6) is 0.395. The number of benzene rings is 1. The molecule has 1 aromatic carbocycles. The summed E-state index contributed by atoms with van der Waals surface area (Å²) in [4.78, 5) is 17.0. The van der Waals surface area contributed by atoms with Gasteiger partial charge in [0.05, 0.1) is 12.2 Å². The van der Waals surface area contributed by atoms with Crippen LogP contribution in [0, 0.1) is 6.92 Å². The molecule has 0 spiro atoms. The van der Waals surface area contributed by atoms with Gasteiger partial charge in [0.2, 0.25) is 0 Å². The van der Waals surface area contributed by atoms with Gasteiger partial charge < -0.3 is 10.4 Å². The molecule has 6 heteroatoms. The van der Waals surface area contributed by atoms with Crippen LogP contribution in [0.5, 0.6) is 0 Å². The number of nitrogens with zero attached hydrogens (tertiary/aromatic N) is 2. The van der Waals surface area contributed by atoms with Gasteiger partial charge in [0.25, 0.3) is 5.56 Å². The molecule has 0 unspecified atom stereocenters. The van der Waals surface area contributed by atoms with Crippen molar-refractivity contribution in [1.29, 1.82) is 0 Å². The van der Waals surface area contributed by atoms with Crippen molar-refractivity contribution in [3.63, 3.8) is 0 Å². The van der Waals surface area contributed by atoms with Gasteiger partial charge in [-0.15, -0.1) is 0 Å². The molecular formula is C18H20ClN3O2. The van der Waals surface area contributed by atoms with Gasteiger partial charge in [0, 0.05) is 17.8 Å². The highest BCUT2D eigenvalue weighted by molar-refractivity contribution is 6.30. The predicted octanol–water partition coefficient (Wildman–Crippen LogP) is 3.40. The maximum absolute atomic E-state index is 12.5. The van der Waals surface area contributed by atoms with Crippen LogP contribution in [-0.2, 0) is 13.2 Å². The van der Waals surface area contributed by atoms with Gasteiger partial charge in [-0.1, -0.05) is 37.2 Å². The van der Waals surface area contributed by atoms with E-state index in [2.05, 4.69) is 10.3 Å². The van der Waals surface area contributed by atoms with E-state index in [-0.39, 0.29) is 25.2 Å². The molecule has 0 saturated heterocycles. The Hall–Kier alpha value is -2.37. The van der Waals surface area contributed by atoms with Crippen molar-refractivity contribution in [3.8, 4) is 0 Å². The normalized spacial score (nSPS) is 10.5. The standard InChI is InChI=1S/C17H16ClN3O2.CH4/c1-11-4-3-7-21-16(11)20-15(14(10-22)17(21)23)19-9-12-5-2-6-13(18)8-12;/h2-8,19,22H,9-10H2,1H3;1H4. The highest BCUT2D eigenvalue weighted by Gasteiger charge is 2.12. The first-order valence-electron chi connectivity index (χ1n) is 7.20. The fourth-order valence-electron chi connectivity index (χ4n) is 2.46. The molecule has 0 atom stereocenters. The molecular weight excluding hydrogens is 326 g/mol. The lowest BCUT2D eigenvalue weighted by Crippen LogP contribution is -2.23. The Bertz CT molecular complexity index is 922. The topological polar surface area (TPSA) is 66.6 Å². The third-order valence-corrected chi connectivity index (χ3v) is 3.88. The van der Waals surface area contributed by atoms with E-state index in [4.69, 9.17) is 11.6 Å². The average Bonchev–Trinajstić information content (AvgIpc) is 2.54. The molecule has 0 amide bonds. The molecule has 2 N–H and O–H groups in total. The van der Waals surface area contributed by atoms with Crippen molar-refractivity contribution in [2.45, 2.75) is 27.5 Å². The largest absolute Gasteiger partial charge is 0.391 e. The van der Waals surface area contributed by atoms with Gasteiger partial charge in [-0.05, 0) is 36.2 Å².